The van der Waals surface area contributed by atoms with E-state index in [1.807, 2.05) is 46.2 Å². The largest absolute Gasteiger partial charge is 0.133 e. The Kier molecular flexibility index (Phi) is 10.9. The fourth-order valence-corrected chi connectivity index (χ4v) is 15.2. The summed E-state index contributed by atoms with van der Waals surface area (Å²) in [5, 5.41) is 9.76. The molecule has 0 amide bonds. The van der Waals surface area contributed by atoms with Crippen LogP contribution in [0.3, 0.4) is 0 Å². The summed E-state index contributed by atoms with van der Waals surface area (Å²) in [5.41, 5.74) is 2.87. The van der Waals surface area contributed by atoms with Crippen molar-refractivity contribution in [3.05, 3.63) is 105 Å². The van der Waals surface area contributed by atoms with Crippen molar-refractivity contribution in [1.82, 2.24) is 0 Å². The maximum Gasteiger partial charge on any atom is 0.0542 e. The first-order valence-corrected chi connectivity index (χ1v) is 23.0. The van der Waals surface area contributed by atoms with Crippen LogP contribution in [0.2, 0.25) is 0 Å². The zero-order valence-electron chi connectivity index (χ0n) is 29.3. The smallest absolute Gasteiger partial charge is 0.0542 e. The van der Waals surface area contributed by atoms with Gasteiger partial charge in [-0.2, -0.15) is 0 Å². The van der Waals surface area contributed by atoms with E-state index >= 15 is 0 Å². The van der Waals surface area contributed by atoms with E-state index in [4.69, 9.17) is 0 Å². The van der Waals surface area contributed by atoms with Crippen LogP contribution in [0.25, 0.3) is 51.1 Å². The maximum absolute atomic E-state index is 2.47. The van der Waals surface area contributed by atoms with Gasteiger partial charge in [-0.05, 0) is 114 Å². The minimum absolute atomic E-state index is 0.733. The number of unbranched alkanes of at least 4 members (excludes halogenated alkanes) is 2. The zero-order valence-corrected chi connectivity index (χ0v) is 34.2. The van der Waals surface area contributed by atoms with Crippen molar-refractivity contribution in [3.63, 3.8) is 0 Å². The Bertz CT molecular complexity index is 2170. The molecule has 2 unspecified atom stereocenters. The topological polar surface area (TPSA) is 0 Å². The average Bonchev–Trinajstić information content (AvgIpc) is 3.90. The molecule has 0 bridgehead atoms. The van der Waals surface area contributed by atoms with Crippen LogP contribution in [0.15, 0.2) is 114 Å². The first-order chi connectivity index (χ1) is 24.4. The molecule has 6 aromatic rings. The second-order valence-corrected chi connectivity index (χ2v) is 21.6. The fourth-order valence-electron chi connectivity index (χ4n) is 7.06. The highest BCUT2D eigenvalue weighted by Gasteiger charge is 2.21. The Morgan fingerprint density at radius 3 is 1.46 bits per heavy atom. The predicted octanol–water partition coefficient (Wildman–Crippen LogP) is 16.7. The summed E-state index contributed by atoms with van der Waals surface area (Å²) in [4.78, 5) is 2.72. The number of rotatable bonds is 12. The molecule has 2 atom stereocenters. The van der Waals surface area contributed by atoms with E-state index in [-0.39, 0.29) is 0 Å². The molecule has 0 saturated heterocycles. The van der Waals surface area contributed by atoms with E-state index < -0.39 is 0 Å². The van der Waals surface area contributed by atoms with E-state index in [0.29, 0.717) is 0 Å². The predicted molar refractivity (Wildman–Crippen MR) is 236 cm³/mol. The average molecular weight is 765 g/mol. The summed E-state index contributed by atoms with van der Waals surface area (Å²) in [5.74, 6) is 0. The molecule has 6 heteroatoms. The third-order valence-corrected chi connectivity index (χ3v) is 17.4. The molecule has 0 nitrogen and oxygen atoms in total. The van der Waals surface area contributed by atoms with Crippen molar-refractivity contribution in [2.24, 2.45) is 0 Å². The Hall–Kier alpha value is -2.06. The molecule has 0 saturated carbocycles. The van der Waals surface area contributed by atoms with E-state index in [2.05, 4.69) is 136 Å². The monoisotopic (exact) mass is 764 g/mol. The van der Waals surface area contributed by atoms with Gasteiger partial charge in [0.25, 0.3) is 0 Å². The first-order valence-electron chi connectivity index (χ1n) is 18.0. The van der Waals surface area contributed by atoms with E-state index in [1.165, 1.54) is 132 Å². The van der Waals surface area contributed by atoms with Gasteiger partial charge in [0.15, 0.2) is 0 Å². The molecule has 256 valence electrons. The number of thioether (sulfide) groups is 4. The summed E-state index contributed by atoms with van der Waals surface area (Å²) >= 11 is 12.1. The number of fused-ring (bicyclic) bond motifs is 9. The quantitative estimate of drug-likeness (QED) is 0.0898. The fraction of sp³-hybridized carbons (Fsp3) is 0.318. The third kappa shape index (κ3) is 7.68. The molecular formula is C44H44S6. The van der Waals surface area contributed by atoms with Gasteiger partial charge in [-0.25, -0.2) is 0 Å². The Morgan fingerprint density at radius 1 is 0.580 bits per heavy atom. The van der Waals surface area contributed by atoms with Crippen LogP contribution in [-0.4, -0.2) is 10.5 Å². The number of thiophene rings is 2. The number of benzene rings is 4. The van der Waals surface area contributed by atoms with Crippen LogP contribution in [-0.2, 0) is 0 Å². The Balaban J connectivity index is 1.02. The Labute approximate surface area is 322 Å². The van der Waals surface area contributed by atoms with E-state index in [0.717, 1.165) is 10.5 Å². The molecule has 0 fully saturated rings. The van der Waals surface area contributed by atoms with Gasteiger partial charge in [0.1, 0.15) is 0 Å². The van der Waals surface area contributed by atoms with Gasteiger partial charge in [0.05, 0.1) is 9.40 Å². The van der Waals surface area contributed by atoms with Gasteiger partial charge in [0, 0.05) is 59.7 Å². The van der Waals surface area contributed by atoms with Crippen molar-refractivity contribution < 1.29 is 0 Å². The lowest BCUT2D eigenvalue weighted by molar-refractivity contribution is 0.715. The lowest BCUT2D eigenvalue weighted by Gasteiger charge is -2.10. The maximum atomic E-state index is 2.47. The second-order valence-electron chi connectivity index (χ2n) is 14.1. The molecule has 50 heavy (non-hydrogen) atoms. The van der Waals surface area contributed by atoms with Crippen LogP contribution < -0.4 is 0 Å². The Morgan fingerprint density at radius 2 is 1.02 bits per heavy atom. The van der Waals surface area contributed by atoms with E-state index in [9.17, 15) is 0 Å². The van der Waals surface area contributed by atoms with Crippen molar-refractivity contribution >= 4 is 121 Å². The normalized spacial score (nSPS) is 17.8. The molecule has 4 aromatic carbocycles. The van der Waals surface area contributed by atoms with Gasteiger partial charge in [-0.15, -0.1) is 46.2 Å². The van der Waals surface area contributed by atoms with Crippen LogP contribution in [0.1, 0.15) is 79.1 Å². The van der Waals surface area contributed by atoms with Crippen molar-refractivity contribution in [1.29, 1.82) is 0 Å². The number of hydrogen-bond donors (Lipinski definition) is 0. The standard InChI is InChI=1S/C44H44S6/c1-27(2)9-5-7-11-31-19-23-39(45-31)47-33-17-13-29-15-21-35-41(37(29)25-33)49-44-36-22-16-30-14-18-34(26-38(30)42(36)50-43(35)44)48-40-24-20-32(46-40)12-8-6-10-28(3)4/h9-10,13-18,21-26,31-32H,5-8,11-12,19-20H2,1-4H3. The molecule has 8 rings (SSSR count). The molecule has 0 radical (unpaired) electrons. The molecule has 2 aromatic heterocycles. The van der Waals surface area contributed by atoms with Crippen molar-refractivity contribution in [2.75, 3.05) is 0 Å². The highest BCUT2D eigenvalue weighted by molar-refractivity contribution is 8.23. The first kappa shape index (κ1) is 35.0. The summed E-state index contributed by atoms with van der Waals surface area (Å²) < 4.78 is 8.71. The molecule has 4 heterocycles. The van der Waals surface area contributed by atoms with E-state index in [1.54, 1.807) is 0 Å². The second kappa shape index (κ2) is 15.5. The lowest BCUT2D eigenvalue weighted by atomic mass is 10.1. The van der Waals surface area contributed by atoms with Crippen LogP contribution in [0.4, 0.5) is 0 Å². The molecule has 0 aliphatic carbocycles. The summed E-state index contributed by atoms with van der Waals surface area (Å²) in [6.45, 7) is 8.81. The molecule has 2 aliphatic rings. The molecule has 0 spiro atoms. The summed E-state index contributed by atoms with van der Waals surface area (Å²) in [6.07, 6.45) is 19.7. The van der Waals surface area contributed by atoms with Gasteiger partial charge >= 0.3 is 0 Å². The minimum atomic E-state index is 0.733. The van der Waals surface area contributed by atoms with Crippen molar-refractivity contribution in [2.45, 2.75) is 99.4 Å². The van der Waals surface area contributed by atoms with Crippen LogP contribution in [0.5, 0.6) is 0 Å². The molecular weight excluding hydrogens is 721 g/mol. The zero-order chi connectivity index (χ0) is 34.2. The van der Waals surface area contributed by atoms with Gasteiger partial charge < -0.3 is 0 Å². The van der Waals surface area contributed by atoms with Gasteiger partial charge in [-0.1, -0.05) is 95.4 Å². The molecule has 2 aliphatic heterocycles. The number of allylic oxidation sites excluding steroid dienone is 6. The van der Waals surface area contributed by atoms with Crippen LogP contribution >= 0.6 is 69.7 Å². The SMILES string of the molecule is CC(C)=CCCCC1CC=C(Sc2ccc3ccc4c(sc5c6ccc7ccc(SC8=CCC(CCCC=C(C)C)S8)cc7c6sc45)c3c2)S1. The molecule has 0 N–H and O–H groups in total. The minimum Gasteiger partial charge on any atom is -0.133 e. The lowest BCUT2D eigenvalue weighted by Crippen LogP contribution is -1.95. The van der Waals surface area contributed by atoms with Gasteiger partial charge in [-0.3, -0.25) is 0 Å². The van der Waals surface area contributed by atoms with Crippen LogP contribution in [0, 0.1) is 0 Å². The number of hydrogen-bond acceptors (Lipinski definition) is 6. The van der Waals surface area contributed by atoms with Crippen molar-refractivity contribution in [3.8, 4) is 0 Å². The highest BCUT2D eigenvalue weighted by Crippen LogP contribution is 2.51. The summed E-state index contributed by atoms with van der Waals surface area (Å²) in [7, 11) is 0. The van der Waals surface area contributed by atoms with Gasteiger partial charge in [0.2, 0.25) is 0 Å². The summed E-state index contributed by atoms with van der Waals surface area (Å²) in [6, 6.07) is 23.6. The third-order valence-electron chi connectivity index (χ3n) is 9.65. The highest BCUT2D eigenvalue weighted by atomic mass is 32.2.